The van der Waals surface area contributed by atoms with E-state index < -0.39 is 39.0 Å². The number of benzene rings is 3. The van der Waals surface area contributed by atoms with Gasteiger partial charge < -0.3 is 20.1 Å². The lowest BCUT2D eigenvalue weighted by Gasteiger charge is -2.29. The van der Waals surface area contributed by atoms with Crippen LogP contribution in [0.1, 0.15) is 37.0 Å². The van der Waals surface area contributed by atoms with E-state index in [-0.39, 0.29) is 39.4 Å². The molecule has 9 nitrogen and oxygen atoms in total. The minimum absolute atomic E-state index is 0.0547. The molecule has 3 N–H and O–H groups in total. The second kappa shape index (κ2) is 11.5. The molecule has 0 saturated carbocycles. The van der Waals surface area contributed by atoms with Gasteiger partial charge >= 0.3 is 0 Å². The molecule has 0 bridgehead atoms. The number of nitrogens with zero attached hydrogens (tertiary/aromatic N) is 3. The summed E-state index contributed by atoms with van der Waals surface area (Å²) in [5.41, 5.74) is 1.00. The van der Waals surface area contributed by atoms with Crippen molar-refractivity contribution in [3.8, 4) is 16.9 Å². The number of nitrogens with one attached hydrogen (secondary N) is 2. The molecule has 0 spiro atoms. The SMILES string of the molecule is CCc1cc(-c2c(F)ccc(NS(=O)(=O)c3cc(Cl)cc4c3OC[C@@H]4O)c2F)cc2cnc(NC3CCN(C)CC3)nc12. The Morgan fingerprint density at radius 2 is 1.93 bits per heavy atom. The monoisotopic (exact) mass is 629 g/mol. The molecule has 0 amide bonds. The number of sulfonamides is 1. The lowest BCUT2D eigenvalue weighted by Crippen LogP contribution is -2.37. The number of rotatable bonds is 7. The van der Waals surface area contributed by atoms with Gasteiger partial charge in [-0.15, -0.1) is 0 Å². The quantitative estimate of drug-likeness (QED) is 0.245. The van der Waals surface area contributed by atoms with Crippen molar-refractivity contribution in [2.24, 2.45) is 0 Å². The number of ether oxygens (including phenoxy) is 1. The van der Waals surface area contributed by atoms with E-state index in [1.165, 1.54) is 6.07 Å². The molecule has 2 aliphatic rings. The Hall–Kier alpha value is -3.58. The minimum Gasteiger partial charge on any atom is -0.489 e. The summed E-state index contributed by atoms with van der Waals surface area (Å²) in [7, 11) is -2.36. The van der Waals surface area contributed by atoms with E-state index in [2.05, 4.69) is 27.0 Å². The number of likely N-dealkylation sites (tertiary alicyclic amines) is 1. The van der Waals surface area contributed by atoms with Crippen molar-refractivity contribution in [1.29, 1.82) is 0 Å². The number of fused-ring (bicyclic) bond motifs is 2. The van der Waals surface area contributed by atoms with E-state index in [9.17, 15) is 13.5 Å². The molecule has 13 heteroatoms. The molecule has 6 rings (SSSR count). The highest BCUT2D eigenvalue weighted by Gasteiger charge is 2.32. The largest absolute Gasteiger partial charge is 0.489 e. The summed E-state index contributed by atoms with van der Waals surface area (Å²) in [5.74, 6) is -1.52. The van der Waals surface area contributed by atoms with Crippen molar-refractivity contribution in [2.45, 2.75) is 43.2 Å². The maximum Gasteiger partial charge on any atom is 0.265 e. The zero-order valence-corrected chi connectivity index (χ0v) is 25.1. The summed E-state index contributed by atoms with van der Waals surface area (Å²) >= 11 is 6.10. The maximum absolute atomic E-state index is 16.0. The minimum atomic E-state index is -4.45. The van der Waals surface area contributed by atoms with Crippen LogP contribution in [0.5, 0.6) is 5.75 Å². The number of hydrogen-bond donors (Lipinski definition) is 3. The van der Waals surface area contributed by atoms with Crippen LogP contribution in [0.4, 0.5) is 20.4 Å². The van der Waals surface area contributed by atoms with Crippen LogP contribution in [0, 0.1) is 11.6 Å². The number of aromatic nitrogens is 2. The van der Waals surface area contributed by atoms with Crippen LogP contribution in [-0.4, -0.2) is 61.2 Å². The average molecular weight is 630 g/mol. The Morgan fingerprint density at radius 3 is 2.67 bits per heavy atom. The molecule has 43 heavy (non-hydrogen) atoms. The Morgan fingerprint density at radius 1 is 1.16 bits per heavy atom. The summed E-state index contributed by atoms with van der Waals surface area (Å²) in [6.45, 7) is 3.75. The third kappa shape index (κ3) is 5.72. The van der Waals surface area contributed by atoms with Crippen molar-refractivity contribution >= 4 is 44.2 Å². The number of halogens is 3. The van der Waals surface area contributed by atoms with E-state index in [1.54, 1.807) is 18.3 Å². The molecule has 0 radical (unpaired) electrons. The van der Waals surface area contributed by atoms with Gasteiger partial charge in [0, 0.05) is 28.2 Å². The first-order valence-corrected chi connectivity index (χ1v) is 15.8. The molecule has 4 aromatic rings. The number of piperidine rings is 1. The molecule has 226 valence electrons. The molecule has 1 saturated heterocycles. The molecule has 1 atom stereocenters. The second-order valence-electron chi connectivity index (χ2n) is 10.9. The van der Waals surface area contributed by atoms with Gasteiger partial charge in [-0.25, -0.2) is 27.2 Å². The summed E-state index contributed by atoms with van der Waals surface area (Å²) in [4.78, 5) is 11.1. The van der Waals surface area contributed by atoms with E-state index in [1.807, 2.05) is 6.92 Å². The van der Waals surface area contributed by atoms with Gasteiger partial charge in [-0.2, -0.15) is 0 Å². The molecule has 1 aromatic heterocycles. The number of anilines is 2. The predicted octanol–water partition coefficient (Wildman–Crippen LogP) is 5.52. The molecule has 0 unspecified atom stereocenters. The van der Waals surface area contributed by atoms with Crippen molar-refractivity contribution in [1.82, 2.24) is 14.9 Å². The topological polar surface area (TPSA) is 117 Å². The molecule has 3 aromatic carbocycles. The van der Waals surface area contributed by atoms with Crippen LogP contribution in [0.15, 0.2) is 47.5 Å². The fraction of sp³-hybridized carbons (Fsp3) is 0.333. The van der Waals surface area contributed by atoms with Crippen molar-refractivity contribution in [3.05, 3.63) is 70.4 Å². The van der Waals surface area contributed by atoms with Gasteiger partial charge in [0.05, 0.1) is 16.8 Å². The van der Waals surface area contributed by atoms with Gasteiger partial charge in [-0.3, -0.25) is 4.72 Å². The molecule has 0 aliphatic carbocycles. The Balaban J connectivity index is 1.35. The number of aryl methyl sites for hydroxylation is 1. The predicted molar refractivity (Wildman–Crippen MR) is 161 cm³/mol. The standard InChI is InChI=1S/C30H30ClF2N5O4S/c1-3-16-10-17(11-18-14-34-30(36-28(16)18)35-20-6-8-38(2)9-7-20)26-22(32)4-5-23(27(26)33)37-43(40,41)25-13-19(31)12-21-24(39)15-42-29(21)25/h4-5,10-14,20,24,37,39H,3,6-9,15H2,1-2H3,(H,34,35,36)/t24-/m0/s1. The summed E-state index contributed by atoms with van der Waals surface area (Å²) in [6.07, 6.45) is 3.06. The molecular formula is C30H30ClF2N5O4S. The Labute approximate surface area is 252 Å². The van der Waals surface area contributed by atoms with E-state index in [4.69, 9.17) is 21.3 Å². The number of aliphatic hydroxyl groups excluding tert-OH is 1. The third-order valence-electron chi connectivity index (χ3n) is 7.90. The van der Waals surface area contributed by atoms with Crippen molar-refractivity contribution < 1.29 is 27.0 Å². The van der Waals surface area contributed by atoms with Crippen LogP contribution in [0.25, 0.3) is 22.0 Å². The van der Waals surface area contributed by atoms with Gasteiger partial charge in [-0.05, 0) is 86.9 Å². The first kappa shape index (κ1) is 29.5. The van der Waals surface area contributed by atoms with Gasteiger partial charge in [-0.1, -0.05) is 18.5 Å². The van der Waals surface area contributed by atoms with Gasteiger partial charge in [0.25, 0.3) is 10.0 Å². The normalized spacial score (nSPS) is 17.6. The Kier molecular flexibility index (Phi) is 7.88. The van der Waals surface area contributed by atoms with Crippen LogP contribution in [-0.2, 0) is 16.4 Å². The zero-order chi connectivity index (χ0) is 30.5. The van der Waals surface area contributed by atoms with Gasteiger partial charge in [0.1, 0.15) is 29.2 Å². The van der Waals surface area contributed by atoms with Gasteiger partial charge in [0.2, 0.25) is 5.95 Å². The number of hydrogen-bond acceptors (Lipinski definition) is 8. The summed E-state index contributed by atoms with van der Waals surface area (Å²) in [5, 5.41) is 14.2. The fourth-order valence-electron chi connectivity index (χ4n) is 5.58. The molecule has 1 fully saturated rings. The molecular weight excluding hydrogens is 600 g/mol. The maximum atomic E-state index is 16.0. The first-order chi connectivity index (χ1) is 20.5. The van der Waals surface area contributed by atoms with Crippen LogP contribution in [0.3, 0.4) is 0 Å². The van der Waals surface area contributed by atoms with E-state index in [0.717, 1.165) is 49.7 Å². The highest BCUT2D eigenvalue weighted by atomic mass is 35.5. The molecule has 3 heterocycles. The fourth-order valence-corrected chi connectivity index (χ4v) is 7.13. The zero-order valence-electron chi connectivity index (χ0n) is 23.5. The molecule has 2 aliphatic heterocycles. The van der Waals surface area contributed by atoms with E-state index in [0.29, 0.717) is 23.3 Å². The third-order valence-corrected chi connectivity index (χ3v) is 9.49. The highest BCUT2D eigenvalue weighted by molar-refractivity contribution is 7.92. The van der Waals surface area contributed by atoms with Crippen LogP contribution < -0.4 is 14.8 Å². The highest BCUT2D eigenvalue weighted by Crippen LogP contribution is 2.41. The second-order valence-corrected chi connectivity index (χ2v) is 13.0. The van der Waals surface area contributed by atoms with Crippen LogP contribution >= 0.6 is 11.6 Å². The lowest BCUT2D eigenvalue weighted by atomic mass is 9.97. The van der Waals surface area contributed by atoms with Gasteiger partial charge in [0.15, 0.2) is 5.82 Å². The van der Waals surface area contributed by atoms with Crippen LogP contribution in [0.2, 0.25) is 5.02 Å². The smallest absolute Gasteiger partial charge is 0.265 e. The lowest BCUT2D eigenvalue weighted by molar-refractivity contribution is 0.140. The number of aliphatic hydroxyl groups is 1. The Bertz CT molecular complexity index is 1830. The average Bonchev–Trinajstić information content (AvgIpc) is 3.35. The van der Waals surface area contributed by atoms with Crippen molar-refractivity contribution in [2.75, 3.05) is 36.8 Å². The summed E-state index contributed by atoms with van der Waals surface area (Å²) < 4.78 is 65.5. The van der Waals surface area contributed by atoms with Crippen molar-refractivity contribution in [3.63, 3.8) is 0 Å². The summed E-state index contributed by atoms with van der Waals surface area (Å²) in [6, 6.07) is 8.08. The first-order valence-electron chi connectivity index (χ1n) is 13.9. The van der Waals surface area contributed by atoms with E-state index >= 15 is 8.78 Å².